The Morgan fingerprint density at radius 2 is 1.51 bits per heavy atom. The molecule has 0 unspecified atom stereocenters. The molecule has 0 aliphatic carbocycles. The van der Waals surface area contributed by atoms with Gasteiger partial charge in [0.05, 0.1) is 18.2 Å². The molecule has 0 fully saturated rings. The van der Waals surface area contributed by atoms with Gasteiger partial charge in [-0.05, 0) is 77.9 Å². The van der Waals surface area contributed by atoms with E-state index in [4.69, 9.17) is 5.11 Å². The van der Waals surface area contributed by atoms with Gasteiger partial charge >= 0.3 is 24.7 Å². The van der Waals surface area contributed by atoms with Gasteiger partial charge < -0.3 is 19.6 Å². The molecule has 0 radical (unpaired) electrons. The number of hydrogen-bond donors (Lipinski definition) is 1. The second-order valence-corrected chi connectivity index (χ2v) is 11.6. The number of aryl methyl sites for hydroxylation is 1. The van der Waals surface area contributed by atoms with Gasteiger partial charge in [0.2, 0.25) is 0 Å². The Labute approximate surface area is 263 Å². The van der Waals surface area contributed by atoms with Crippen molar-refractivity contribution >= 4 is 17.6 Å². The smallest absolute Gasteiger partial charge is 0.481 e. The molecule has 1 heterocycles. The number of aromatic nitrogens is 4. The van der Waals surface area contributed by atoms with E-state index in [0.717, 1.165) is 16.9 Å². The van der Waals surface area contributed by atoms with E-state index in [9.17, 15) is 44.3 Å². The number of anilines is 2. The minimum atomic E-state index is -5.11. The van der Waals surface area contributed by atoms with Gasteiger partial charge in [-0.1, -0.05) is 18.9 Å². The van der Waals surface area contributed by atoms with E-state index < -0.39 is 59.1 Å². The number of halogens is 9. The number of nitrogens with zero attached hydrogens (tertiary/aromatic N) is 6. The zero-order chi connectivity index (χ0) is 35.4. The first-order valence-electron chi connectivity index (χ1n) is 14.2. The Bertz CT molecular complexity index is 1490. The second kappa shape index (κ2) is 14.3. The van der Waals surface area contributed by atoms with Crippen LogP contribution in [0.1, 0.15) is 62.3 Å². The van der Waals surface area contributed by atoms with Crippen LogP contribution >= 0.6 is 0 Å². The SMILES string of the molecule is CCN(CCC(C)(C)CCC(=O)O)c1ccc(OC(F)(F)F)cc1CN(Cc1cc(C(F)(F)F)cc(C(F)(F)F)c1)c1nnn(C)n1. The maximum atomic E-state index is 13.6. The standard InChI is InChI=1S/C29H33F9N6O3/c1-5-43(11-10-26(2,3)9-8-24(45)46)23-7-6-22(47-29(36,37)38)14-19(23)17-44(25-39-41-42(4)40-25)16-18-12-20(27(30,31)32)15-21(13-18)28(33,34)35/h6-7,12-15H,5,8-11,16-17H2,1-4H3,(H,45,46). The molecule has 3 rings (SSSR count). The summed E-state index contributed by atoms with van der Waals surface area (Å²) in [5.74, 6) is -1.79. The second-order valence-electron chi connectivity index (χ2n) is 11.6. The van der Waals surface area contributed by atoms with Crippen molar-refractivity contribution in [2.75, 3.05) is 22.9 Å². The molecule has 47 heavy (non-hydrogen) atoms. The molecule has 0 saturated carbocycles. The topological polar surface area (TPSA) is 96.6 Å². The Morgan fingerprint density at radius 3 is 2.00 bits per heavy atom. The van der Waals surface area contributed by atoms with Crippen molar-refractivity contribution < 1.29 is 54.2 Å². The molecule has 0 aliphatic heterocycles. The fourth-order valence-corrected chi connectivity index (χ4v) is 4.79. The Kier molecular flexibility index (Phi) is 11.3. The maximum Gasteiger partial charge on any atom is 0.573 e. The van der Waals surface area contributed by atoms with Gasteiger partial charge in [-0.15, -0.1) is 18.3 Å². The minimum absolute atomic E-state index is 0.0124. The highest BCUT2D eigenvalue weighted by Crippen LogP contribution is 2.38. The van der Waals surface area contributed by atoms with Crippen molar-refractivity contribution in [1.82, 2.24) is 20.2 Å². The zero-order valence-corrected chi connectivity index (χ0v) is 25.8. The monoisotopic (exact) mass is 684 g/mol. The van der Waals surface area contributed by atoms with Crippen LogP contribution in [0.25, 0.3) is 0 Å². The first-order chi connectivity index (χ1) is 21.6. The van der Waals surface area contributed by atoms with Gasteiger partial charge in [0, 0.05) is 38.3 Å². The molecule has 260 valence electrons. The molecule has 3 aromatic rings. The fraction of sp³-hybridized carbons (Fsp3) is 0.517. The molecule has 0 amide bonds. The molecule has 0 aliphatic rings. The van der Waals surface area contributed by atoms with Gasteiger partial charge in [0.1, 0.15) is 5.75 Å². The summed E-state index contributed by atoms with van der Waals surface area (Å²) in [6.45, 7) is 5.20. The van der Waals surface area contributed by atoms with E-state index >= 15 is 0 Å². The summed E-state index contributed by atoms with van der Waals surface area (Å²) < 4.78 is 125. The van der Waals surface area contributed by atoms with Gasteiger partial charge in [0.25, 0.3) is 5.95 Å². The molecule has 0 bridgehead atoms. The lowest BCUT2D eigenvalue weighted by Crippen LogP contribution is -2.31. The van der Waals surface area contributed by atoms with Gasteiger partial charge in [0.15, 0.2) is 0 Å². The lowest BCUT2D eigenvalue weighted by molar-refractivity contribution is -0.274. The molecule has 18 heteroatoms. The summed E-state index contributed by atoms with van der Waals surface area (Å²) in [7, 11) is 1.37. The fourth-order valence-electron chi connectivity index (χ4n) is 4.79. The highest BCUT2D eigenvalue weighted by Gasteiger charge is 2.37. The summed E-state index contributed by atoms with van der Waals surface area (Å²) >= 11 is 0. The van der Waals surface area contributed by atoms with Crippen LogP contribution in [0, 0.1) is 5.41 Å². The molecular weight excluding hydrogens is 651 g/mol. The highest BCUT2D eigenvalue weighted by molar-refractivity contribution is 5.66. The van der Waals surface area contributed by atoms with Gasteiger partial charge in [-0.2, -0.15) is 31.1 Å². The number of hydrogen-bond acceptors (Lipinski definition) is 7. The molecule has 0 saturated heterocycles. The van der Waals surface area contributed by atoms with E-state index in [1.165, 1.54) is 18.0 Å². The number of carbonyl (C=O) groups is 1. The molecular formula is C29H33F9N6O3. The average molecular weight is 685 g/mol. The summed E-state index contributed by atoms with van der Waals surface area (Å²) in [5.41, 5.74) is -3.38. The van der Waals surface area contributed by atoms with Crippen LogP contribution in [-0.4, -0.2) is 50.7 Å². The summed E-state index contributed by atoms with van der Waals surface area (Å²) in [4.78, 5) is 15.1. The number of ether oxygens (including phenoxy) is 1. The van der Waals surface area contributed by atoms with E-state index in [-0.39, 0.29) is 30.5 Å². The Balaban J connectivity index is 2.09. The van der Waals surface area contributed by atoms with Crippen molar-refractivity contribution in [2.45, 2.75) is 71.8 Å². The van der Waals surface area contributed by atoms with Gasteiger partial charge in [-0.3, -0.25) is 4.79 Å². The van der Waals surface area contributed by atoms with Crippen molar-refractivity contribution in [3.8, 4) is 5.75 Å². The normalized spacial score (nSPS) is 12.7. The third kappa shape index (κ3) is 11.2. The Hall–Kier alpha value is -4.25. The van der Waals surface area contributed by atoms with Crippen LogP contribution in [-0.2, 0) is 37.3 Å². The quantitative estimate of drug-likeness (QED) is 0.175. The van der Waals surface area contributed by atoms with E-state index in [1.54, 1.807) is 6.92 Å². The highest BCUT2D eigenvalue weighted by atomic mass is 19.4. The van der Waals surface area contributed by atoms with Gasteiger partial charge in [-0.25, -0.2) is 0 Å². The molecule has 0 atom stereocenters. The van der Waals surface area contributed by atoms with Crippen molar-refractivity contribution in [2.24, 2.45) is 12.5 Å². The molecule has 0 spiro atoms. The zero-order valence-electron chi connectivity index (χ0n) is 25.8. The van der Waals surface area contributed by atoms with Crippen LogP contribution in [0.2, 0.25) is 0 Å². The van der Waals surface area contributed by atoms with Crippen LogP contribution in [0.3, 0.4) is 0 Å². The van der Waals surface area contributed by atoms with Crippen molar-refractivity contribution in [3.05, 3.63) is 58.7 Å². The number of tetrazole rings is 1. The lowest BCUT2D eigenvalue weighted by atomic mass is 9.84. The number of rotatable bonds is 14. The van der Waals surface area contributed by atoms with Crippen LogP contribution in [0.15, 0.2) is 36.4 Å². The molecule has 2 aromatic carbocycles. The number of carboxylic acid groups (broad SMARTS) is 1. The third-order valence-corrected chi connectivity index (χ3v) is 7.24. The molecule has 1 N–H and O–H groups in total. The van der Waals surface area contributed by atoms with E-state index in [2.05, 4.69) is 20.1 Å². The average Bonchev–Trinajstić information content (AvgIpc) is 3.37. The van der Waals surface area contributed by atoms with Crippen molar-refractivity contribution in [1.29, 1.82) is 0 Å². The van der Waals surface area contributed by atoms with Crippen LogP contribution in [0.5, 0.6) is 5.75 Å². The van der Waals surface area contributed by atoms with Crippen molar-refractivity contribution in [3.63, 3.8) is 0 Å². The number of benzene rings is 2. The summed E-state index contributed by atoms with van der Waals surface area (Å²) in [5, 5.41) is 20.6. The lowest BCUT2D eigenvalue weighted by Gasteiger charge is -2.32. The minimum Gasteiger partial charge on any atom is -0.481 e. The Morgan fingerprint density at radius 1 is 0.894 bits per heavy atom. The summed E-state index contributed by atoms with van der Waals surface area (Å²) in [6.07, 6.45) is -14.5. The van der Waals surface area contributed by atoms with Crippen LogP contribution in [0.4, 0.5) is 51.1 Å². The molecule has 9 nitrogen and oxygen atoms in total. The first kappa shape index (κ1) is 37.2. The number of alkyl halides is 9. The predicted octanol–water partition coefficient (Wildman–Crippen LogP) is 7.46. The molecule has 1 aromatic heterocycles. The third-order valence-electron chi connectivity index (χ3n) is 7.24. The predicted molar refractivity (Wildman–Crippen MR) is 151 cm³/mol. The summed E-state index contributed by atoms with van der Waals surface area (Å²) in [6, 6.07) is 4.58. The first-order valence-corrected chi connectivity index (χ1v) is 14.2. The van der Waals surface area contributed by atoms with E-state index in [1.807, 2.05) is 18.7 Å². The van der Waals surface area contributed by atoms with Crippen LogP contribution < -0.4 is 14.5 Å². The number of carboxylic acids is 1. The maximum absolute atomic E-state index is 13.6. The van der Waals surface area contributed by atoms with E-state index in [0.29, 0.717) is 43.8 Å². The number of aliphatic carboxylic acids is 1. The largest absolute Gasteiger partial charge is 0.573 e.